The van der Waals surface area contributed by atoms with Gasteiger partial charge in [-0.15, -0.1) is 54.1 Å². The summed E-state index contributed by atoms with van der Waals surface area (Å²) in [6.45, 7) is 23.0. The van der Waals surface area contributed by atoms with E-state index in [1.165, 1.54) is 33.0 Å². The molecule has 0 aliphatic rings. The Hall–Kier alpha value is -6.24. The molecule has 0 amide bonds. The SMILES string of the molecule is CC(C)Cc1cc(-c2[c-]cccc2)ncc1[Si](C)(C)C.Cc1nc(-c2ccccc2)cc2nc(-c3[c-]ccc4c3oc3ccccc34)n(-c3c(C(C)C)cc(-c4ccccc4)cc3C(C)C)c12.[Ir]. The fraction of sp³-hybridized carbons (Fsp3) is 0.230. The van der Waals surface area contributed by atoms with E-state index in [0.717, 1.165) is 84.7 Å². The molecule has 4 aromatic heterocycles. The molecule has 5 nitrogen and oxygen atoms in total. The Balaban J connectivity index is 0.000000251. The van der Waals surface area contributed by atoms with Crippen LogP contribution < -0.4 is 5.19 Å². The summed E-state index contributed by atoms with van der Waals surface area (Å²) in [7, 11) is -1.34. The van der Waals surface area contributed by atoms with E-state index in [-0.39, 0.29) is 31.9 Å². The van der Waals surface area contributed by atoms with Crippen LogP contribution in [-0.4, -0.2) is 27.6 Å². The van der Waals surface area contributed by atoms with Gasteiger partial charge in [0.2, 0.25) is 0 Å². The van der Waals surface area contributed by atoms with Crippen LogP contribution in [0.15, 0.2) is 156 Å². The predicted molar refractivity (Wildman–Crippen MR) is 284 cm³/mol. The van der Waals surface area contributed by atoms with E-state index in [1.54, 1.807) is 0 Å². The number of fused-ring (bicyclic) bond motifs is 4. The van der Waals surface area contributed by atoms with Crippen LogP contribution in [0.25, 0.3) is 83.7 Å². The maximum atomic E-state index is 6.58. The van der Waals surface area contributed by atoms with Crippen molar-refractivity contribution in [1.82, 2.24) is 19.5 Å². The molecular formula is C61H60IrN4OSi-2. The minimum absolute atomic E-state index is 0. The molecule has 1 radical (unpaired) electrons. The van der Waals surface area contributed by atoms with Gasteiger partial charge in [-0.2, -0.15) is 0 Å². The number of aromatic nitrogens is 4. The molecule has 4 heterocycles. The van der Waals surface area contributed by atoms with Crippen LogP contribution in [0.4, 0.5) is 0 Å². The number of pyridine rings is 2. The number of furan rings is 1. The van der Waals surface area contributed by atoms with Crippen LogP contribution in [0.5, 0.6) is 0 Å². The van der Waals surface area contributed by atoms with Crippen molar-refractivity contribution in [3.63, 3.8) is 0 Å². The molecule has 0 aliphatic carbocycles. The zero-order valence-electron chi connectivity index (χ0n) is 40.9. The molecule has 7 heteroatoms. The standard InChI is InChI=1S/C43H36N3O.C18H24NSi.Ir/c1-26(2)35-23-31(29-15-8-6-9-16-29)24-36(27(3)4)41(35)46-40-28(5)44-37(30-17-10-7-11-18-30)25-38(40)45-43(46)34-21-14-20-33-32-19-12-13-22-39(32)47-42(33)34;1-14(2)11-16-12-17(15-9-7-6-8-10-15)19-13-18(16)20(3,4)5;/h6-20,22-27H,1-5H3;6-9,12-14H,11H2,1-5H3;/q2*-1;. The summed E-state index contributed by atoms with van der Waals surface area (Å²) in [5.74, 6) is 1.97. The molecule has 0 atom stereocenters. The van der Waals surface area contributed by atoms with Gasteiger partial charge in [0, 0.05) is 42.9 Å². The Morgan fingerprint density at radius 3 is 1.91 bits per heavy atom. The largest absolute Gasteiger partial charge is 0.501 e. The van der Waals surface area contributed by atoms with Gasteiger partial charge in [-0.25, -0.2) is 0 Å². The van der Waals surface area contributed by atoms with E-state index in [1.807, 2.05) is 42.5 Å². The molecule has 0 fully saturated rings. The molecule has 68 heavy (non-hydrogen) atoms. The Morgan fingerprint density at radius 1 is 0.632 bits per heavy atom. The minimum Gasteiger partial charge on any atom is -0.501 e. The third-order valence-corrected chi connectivity index (χ3v) is 14.7. The molecule has 0 aliphatic heterocycles. The van der Waals surface area contributed by atoms with Gasteiger partial charge < -0.3 is 14.0 Å². The van der Waals surface area contributed by atoms with Crippen molar-refractivity contribution >= 4 is 46.2 Å². The van der Waals surface area contributed by atoms with Crippen LogP contribution in [0, 0.1) is 25.0 Å². The Labute approximate surface area is 417 Å². The van der Waals surface area contributed by atoms with Crippen molar-refractivity contribution in [3.8, 4) is 50.7 Å². The normalized spacial score (nSPS) is 11.7. The first-order valence-electron chi connectivity index (χ1n) is 23.7. The Bertz CT molecular complexity index is 3320. The molecule has 10 aromatic rings. The first-order chi connectivity index (χ1) is 32.3. The smallest absolute Gasteiger partial charge is 0.120 e. The number of para-hydroxylation sites is 1. The van der Waals surface area contributed by atoms with Gasteiger partial charge in [-0.05, 0) is 88.5 Å². The summed E-state index contributed by atoms with van der Waals surface area (Å²) in [5.41, 5.74) is 17.0. The van der Waals surface area contributed by atoms with Crippen molar-refractivity contribution in [2.75, 3.05) is 0 Å². The maximum absolute atomic E-state index is 6.58. The first-order valence-corrected chi connectivity index (χ1v) is 27.2. The third-order valence-electron chi connectivity index (χ3n) is 12.6. The second-order valence-corrected chi connectivity index (χ2v) is 24.9. The van der Waals surface area contributed by atoms with Crippen molar-refractivity contribution in [2.45, 2.75) is 86.4 Å². The predicted octanol–water partition coefficient (Wildman–Crippen LogP) is 16.0. The summed E-state index contributed by atoms with van der Waals surface area (Å²) < 4.78 is 8.93. The topological polar surface area (TPSA) is 56.7 Å². The molecule has 0 bridgehead atoms. The number of hydrogen-bond acceptors (Lipinski definition) is 4. The quantitative estimate of drug-likeness (QED) is 0.101. The van der Waals surface area contributed by atoms with Crippen LogP contribution in [0.2, 0.25) is 19.6 Å². The van der Waals surface area contributed by atoms with E-state index >= 15 is 0 Å². The summed E-state index contributed by atoms with van der Waals surface area (Å²) in [6, 6.07) is 57.3. The number of imidazole rings is 1. The molecule has 0 spiro atoms. The van der Waals surface area contributed by atoms with Crippen molar-refractivity contribution in [1.29, 1.82) is 0 Å². The zero-order chi connectivity index (χ0) is 47.0. The van der Waals surface area contributed by atoms with E-state index < -0.39 is 8.07 Å². The zero-order valence-corrected chi connectivity index (χ0v) is 44.3. The third kappa shape index (κ3) is 9.71. The van der Waals surface area contributed by atoms with Gasteiger partial charge in [0.15, 0.2) is 0 Å². The summed E-state index contributed by atoms with van der Waals surface area (Å²) in [5, 5.41) is 3.63. The van der Waals surface area contributed by atoms with Crippen LogP contribution in [0.1, 0.15) is 75.8 Å². The Morgan fingerprint density at radius 2 is 1.28 bits per heavy atom. The molecule has 0 N–H and O–H groups in total. The van der Waals surface area contributed by atoms with Gasteiger partial charge in [0.25, 0.3) is 0 Å². The van der Waals surface area contributed by atoms with Gasteiger partial charge in [-0.3, -0.25) is 9.97 Å². The average Bonchev–Trinajstić information content (AvgIpc) is 3.91. The average molecular weight is 1090 g/mol. The number of benzene rings is 6. The fourth-order valence-corrected chi connectivity index (χ4v) is 11.0. The number of aryl methyl sites for hydroxylation is 1. The molecule has 0 unspecified atom stereocenters. The van der Waals surface area contributed by atoms with Crippen molar-refractivity contribution in [3.05, 3.63) is 186 Å². The molecule has 10 rings (SSSR count). The molecule has 6 aromatic carbocycles. The van der Waals surface area contributed by atoms with Gasteiger partial charge in [0.05, 0.1) is 41.9 Å². The van der Waals surface area contributed by atoms with Crippen LogP contribution in [-0.2, 0) is 26.5 Å². The number of rotatable bonds is 10. The molecule has 0 saturated carbocycles. The van der Waals surface area contributed by atoms with E-state index in [4.69, 9.17) is 14.4 Å². The summed E-state index contributed by atoms with van der Waals surface area (Å²) >= 11 is 0. The maximum Gasteiger partial charge on any atom is 0.120 e. The second kappa shape index (κ2) is 20.2. The molecular weight excluding hydrogens is 1030 g/mol. The Kier molecular flexibility index (Phi) is 14.3. The number of nitrogens with zero attached hydrogens (tertiary/aromatic N) is 4. The second-order valence-electron chi connectivity index (χ2n) is 19.8. The van der Waals surface area contributed by atoms with Gasteiger partial charge >= 0.3 is 0 Å². The first kappa shape index (κ1) is 48.2. The molecule has 345 valence electrons. The monoisotopic (exact) mass is 1090 g/mol. The van der Waals surface area contributed by atoms with Gasteiger partial charge in [0.1, 0.15) is 5.58 Å². The summed E-state index contributed by atoms with van der Waals surface area (Å²) in [6.07, 6.45) is 3.24. The van der Waals surface area contributed by atoms with E-state index in [0.29, 0.717) is 5.92 Å². The molecule has 0 saturated heterocycles. The minimum atomic E-state index is -1.34. The van der Waals surface area contributed by atoms with Crippen molar-refractivity contribution < 1.29 is 24.5 Å². The fourth-order valence-electron chi connectivity index (χ4n) is 9.38. The summed E-state index contributed by atoms with van der Waals surface area (Å²) in [4.78, 5) is 15.3. The number of hydrogen-bond donors (Lipinski definition) is 0. The van der Waals surface area contributed by atoms with Crippen molar-refractivity contribution in [2.24, 2.45) is 5.92 Å². The van der Waals surface area contributed by atoms with Crippen LogP contribution >= 0.6 is 0 Å². The van der Waals surface area contributed by atoms with E-state index in [2.05, 4.69) is 199 Å². The van der Waals surface area contributed by atoms with Crippen LogP contribution in [0.3, 0.4) is 0 Å². The van der Waals surface area contributed by atoms with E-state index in [9.17, 15) is 0 Å². The van der Waals surface area contributed by atoms with Gasteiger partial charge in [-0.1, -0.05) is 163 Å².